The number of carbonyl (C=O) groups is 1. The van der Waals surface area contributed by atoms with Gasteiger partial charge < -0.3 is 15.4 Å². The molecule has 2 amide bonds. The molecule has 0 aliphatic rings. The molecule has 25 heavy (non-hydrogen) atoms. The molecule has 3 rings (SSSR count). The smallest absolute Gasteiger partial charge is 0.320 e. The van der Waals surface area contributed by atoms with Crippen molar-refractivity contribution in [1.82, 2.24) is 10.3 Å². The van der Waals surface area contributed by atoms with Crippen molar-refractivity contribution in [3.8, 4) is 5.75 Å². The summed E-state index contributed by atoms with van der Waals surface area (Å²) in [7, 11) is 1.59. The molecule has 0 aliphatic carbocycles. The Morgan fingerprint density at radius 2 is 1.80 bits per heavy atom. The van der Waals surface area contributed by atoms with Gasteiger partial charge in [-0.15, -0.1) is 0 Å². The summed E-state index contributed by atoms with van der Waals surface area (Å²) in [5.41, 5.74) is 2.39. The highest BCUT2D eigenvalue weighted by atomic mass is 16.5. The zero-order valence-electron chi connectivity index (χ0n) is 13.8. The third kappa shape index (κ3) is 4.35. The molecule has 5 nitrogen and oxygen atoms in total. The summed E-state index contributed by atoms with van der Waals surface area (Å²) < 4.78 is 5.17. The highest BCUT2D eigenvalue weighted by Crippen LogP contribution is 2.21. The maximum atomic E-state index is 12.5. The van der Waals surface area contributed by atoms with E-state index in [9.17, 15) is 4.79 Å². The molecule has 0 radical (unpaired) electrons. The third-order valence-electron chi connectivity index (χ3n) is 3.72. The minimum atomic E-state index is -0.340. The number of nitrogens with zero attached hydrogens (tertiary/aromatic N) is 1. The molecule has 0 saturated heterocycles. The Morgan fingerprint density at radius 3 is 2.52 bits per heavy atom. The van der Waals surface area contributed by atoms with Crippen LogP contribution >= 0.6 is 0 Å². The predicted molar refractivity (Wildman–Crippen MR) is 97.7 cm³/mol. The van der Waals surface area contributed by atoms with Crippen molar-refractivity contribution in [2.45, 2.75) is 6.04 Å². The summed E-state index contributed by atoms with van der Waals surface area (Å²) >= 11 is 0. The van der Waals surface area contributed by atoms with Gasteiger partial charge in [-0.1, -0.05) is 42.5 Å². The second-order valence-corrected chi connectivity index (χ2v) is 5.43. The molecule has 2 aromatic carbocycles. The maximum Gasteiger partial charge on any atom is 0.320 e. The van der Waals surface area contributed by atoms with Crippen molar-refractivity contribution in [2.24, 2.45) is 0 Å². The Morgan fingerprint density at radius 1 is 1.00 bits per heavy atom. The molecule has 5 heteroatoms. The average Bonchev–Trinajstić information content (AvgIpc) is 2.67. The highest BCUT2D eigenvalue weighted by molar-refractivity contribution is 5.90. The van der Waals surface area contributed by atoms with Gasteiger partial charge in [-0.05, 0) is 29.8 Å². The van der Waals surface area contributed by atoms with Gasteiger partial charge >= 0.3 is 6.03 Å². The first-order chi connectivity index (χ1) is 12.3. The Bertz CT molecular complexity index is 783. The normalized spacial score (nSPS) is 11.4. The van der Waals surface area contributed by atoms with Crippen LogP contribution in [0.1, 0.15) is 17.3 Å². The number of hydrogen-bond acceptors (Lipinski definition) is 3. The second-order valence-electron chi connectivity index (χ2n) is 5.43. The number of nitrogens with one attached hydrogen (secondary N) is 2. The van der Waals surface area contributed by atoms with E-state index in [1.807, 2.05) is 60.7 Å². The van der Waals surface area contributed by atoms with Crippen LogP contribution in [0.25, 0.3) is 0 Å². The summed E-state index contributed by atoms with van der Waals surface area (Å²) in [6.07, 6.45) is 1.72. The number of ether oxygens (including phenoxy) is 1. The Kier molecular flexibility index (Phi) is 5.26. The van der Waals surface area contributed by atoms with E-state index in [1.165, 1.54) is 0 Å². The molecule has 2 N–H and O–H groups in total. The molecule has 0 fully saturated rings. The molecule has 3 aromatic rings. The number of benzene rings is 2. The van der Waals surface area contributed by atoms with Gasteiger partial charge in [0.05, 0.1) is 18.8 Å². The number of carbonyl (C=O) groups excluding carboxylic acids is 1. The Labute approximate surface area is 146 Å². The summed E-state index contributed by atoms with van der Waals surface area (Å²) in [5.74, 6) is 0.683. The fourth-order valence-corrected chi connectivity index (χ4v) is 2.52. The van der Waals surface area contributed by atoms with Gasteiger partial charge in [-0.3, -0.25) is 4.98 Å². The van der Waals surface area contributed by atoms with E-state index in [-0.39, 0.29) is 12.1 Å². The van der Waals surface area contributed by atoms with Crippen LogP contribution < -0.4 is 15.4 Å². The average molecular weight is 333 g/mol. The van der Waals surface area contributed by atoms with Gasteiger partial charge in [0, 0.05) is 18.0 Å². The molecule has 126 valence electrons. The molecule has 1 aromatic heterocycles. The number of amides is 2. The first kappa shape index (κ1) is 16.5. The van der Waals surface area contributed by atoms with Gasteiger partial charge in [-0.25, -0.2) is 4.79 Å². The molecule has 1 unspecified atom stereocenters. The van der Waals surface area contributed by atoms with Gasteiger partial charge in [0.1, 0.15) is 5.75 Å². The maximum absolute atomic E-state index is 12.5. The lowest BCUT2D eigenvalue weighted by Gasteiger charge is -2.19. The number of rotatable bonds is 5. The topological polar surface area (TPSA) is 63.2 Å². The molecule has 1 heterocycles. The lowest BCUT2D eigenvalue weighted by Crippen LogP contribution is -2.33. The van der Waals surface area contributed by atoms with Crippen molar-refractivity contribution >= 4 is 11.7 Å². The highest BCUT2D eigenvalue weighted by Gasteiger charge is 2.17. The number of methoxy groups -OCH3 is 1. The molecule has 1 atom stereocenters. The van der Waals surface area contributed by atoms with Gasteiger partial charge in [0.25, 0.3) is 0 Å². The molecule has 0 aliphatic heterocycles. The van der Waals surface area contributed by atoms with Crippen LogP contribution in [0.4, 0.5) is 10.5 Å². The molecule has 0 bridgehead atoms. The zero-order valence-corrected chi connectivity index (χ0v) is 13.8. The van der Waals surface area contributed by atoms with Crippen molar-refractivity contribution in [1.29, 1.82) is 0 Å². The van der Waals surface area contributed by atoms with Crippen molar-refractivity contribution in [2.75, 3.05) is 12.4 Å². The molecule has 0 spiro atoms. The fraction of sp³-hybridized carbons (Fsp3) is 0.100. The lowest BCUT2D eigenvalue weighted by atomic mass is 10.0. The van der Waals surface area contributed by atoms with Crippen molar-refractivity contribution < 1.29 is 9.53 Å². The minimum Gasteiger partial charge on any atom is -0.497 e. The van der Waals surface area contributed by atoms with Gasteiger partial charge in [0.15, 0.2) is 0 Å². The summed E-state index contributed by atoms with van der Waals surface area (Å²) in [5, 5.41) is 5.81. The lowest BCUT2D eigenvalue weighted by molar-refractivity contribution is 0.250. The van der Waals surface area contributed by atoms with Gasteiger partial charge in [0.2, 0.25) is 0 Å². The number of hydrogen-bond donors (Lipinski definition) is 2. The number of aromatic nitrogens is 1. The third-order valence-corrected chi connectivity index (χ3v) is 3.72. The van der Waals surface area contributed by atoms with E-state index in [0.29, 0.717) is 11.4 Å². The van der Waals surface area contributed by atoms with Crippen molar-refractivity contribution in [3.63, 3.8) is 0 Å². The molecular formula is C20H19N3O2. The van der Waals surface area contributed by atoms with Crippen LogP contribution in [0, 0.1) is 0 Å². The van der Waals surface area contributed by atoms with E-state index in [1.54, 1.807) is 25.4 Å². The summed E-state index contributed by atoms with van der Waals surface area (Å²) in [6, 6.07) is 21.9. The van der Waals surface area contributed by atoms with Crippen LogP contribution in [0.3, 0.4) is 0 Å². The zero-order chi connectivity index (χ0) is 17.5. The molecule has 0 saturated carbocycles. The van der Waals surface area contributed by atoms with Crippen LogP contribution in [0.5, 0.6) is 5.75 Å². The van der Waals surface area contributed by atoms with Gasteiger partial charge in [-0.2, -0.15) is 0 Å². The number of anilines is 1. The minimum absolute atomic E-state index is 0.312. The van der Waals surface area contributed by atoms with E-state index < -0.39 is 0 Å². The van der Waals surface area contributed by atoms with E-state index in [4.69, 9.17) is 4.74 Å². The van der Waals surface area contributed by atoms with Crippen LogP contribution in [-0.2, 0) is 0 Å². The number of urea groups is 1. The van der Waals surface area contributed by atoms with Crippen LogP contribution in [0.2, 0.25) is 0 Å². The SMILES string of the molecule is COc1cccc(NC(=O)NC(c2ccccc2)c2ccccn2)c1. The summed E-state index contributed by atoms with van der Waals surface area (Å²) in [6.45, 7) is 0. The Balaban J connectivity index is 1.79. The largest absolute Gasteiger partial charge is 0.497 e. The predicted octanol–water partition coefficient (Wildman–Crippen LogP) is 4.00. The fourth-order valence-electron chi connectivity index (χ4n) is 2.52. The van der Waals surface area contributed by atoms with Crippen molar-refractivity contribution in [3.05, 3.63) is 90.3 Å². The summed E-state index contributed by atoms with van der Waals surface area (Å²) in [4.78, 5) is 16.9. The standard InChI is InChI=1S/C20H19N3O2/c1-25-17-11-7-10-16(14-17)22-20(24)23-19(15-8-3-2-4-9-15)18-12-5-6-13-21-18/h2-14,19H,1H3,(H2,22,23,24). The quantitative estimate of drug-likeness (QED) is 0.742. The van der Waals surface area contributed by atoms with Crippen LogP contribution in [0.15, 0.2) is 79.0 Å². The van der Waals surface area contributed by atoms with E-state index >= 15 is 0 Å². The molecular weight excluding hydrogens is 314 g/mol. The second kappa shape index (κ2) is 7.97. The van der Waals surface area contributed by atoms with E-state index in [0.717, 1.165) is 11.3 Å². The number of pyridine rings is 1. The van der Waals surface area contributed by atoms with E-state index in [2.05, 4.69) is 15.6 Å². The first-order valence-electron chi connectivity index (χ1n) is 7.94. The Hall–Kier alpha value is -3.34. The first-order valence-corrected chi connectivity index (χ1v) is 7.94. The monoisotopic (exact) mass is 333 g/mol. The van der Waals surface area contributed by atoms with Crippen LogP contribution in [-0.4, -0.2) is 18.1 Å².